The lowest BCUT2D eigenvalue weighted by molar-refractivity contribution is -0.192. The maximum absolute atomic E-state index is 12.8. The molecule has 0 amide bonds. The summed E-state index contributed by atoms with van der Waals surface area (Å²) >= 11 is 1.30. The number of H-pyrrole nitrogens is 1. The molecule has 0 saturated heterocycles. The second-order valence-corrected chi connectivity index (χ2v) is 7.36. The summed E-state index contributed by atoms with van der Waals surface area (Å²) in [5, 5.41) is 18.5. The van der Waals surface area contributed by atoms with Crippen molar-refractivity contribution in [2.45, 2.75) is 25.7 Å². The van der Waals surface area contributed by atoms with Crippen LogP contribution in [0.25, 0.3) is 11.1 Å². The highest BCUT2D eigenvalue weighted by Crippen LogP contribution is 2.27. The van der Waals surface area contributed by atoms with Gasteiger partial charge in [-0.3, -0.25) is 4.57 Å². The summed E-state index contributed by atoms with van der Waals surface area (Å²) in [6.07, 6.45) is -4.70. The van der Waals surface area contributed by atoms with Crippen molar-refractivity contribution >= 4 is 17.3 Å². The lowest BCUT2D eigenvalue weighted by Gasteiger charge is -2.05. The third-order valence-electron chi connectivity index (χ3n) is 4.07. The van der Waals surface area contributed by atoms with Crippen molar-refractivity contribution in [1.82, 2.24) is 24.5 Å². The van der Waals surface area contributed by atoms with Crippen LogP contribution in [0.5, 0.6) is 0 Å². The van der Waals surface area contributed by atoms with Crippen molar-refractivity contribution in [2.24, 2.45) is 5.73 Å². The highest BCUT2D eigenvalue weighted by Gasteiger charge is 2.38. The minimum atomic E-state index is -5.08. The summed E-state index contributed by atoms with van der Waals surface area (Å²) in [6, 6.07) is 1.72. The van der Waals surface area contributed by atoms with Gasteiger partial charge in [-0.1, -0.05) is 0 Å². The number of carboxylic acid groups (broad SMARTS) is 1. The Morgan fingerprint density at radius 1 is 1.26 bits per heavy atom. The molecular formula is C17H15F7N6O3S. The van der Waals surface area contributed by atoms with Crippen molar-refractivity contribution in [3.63, 3.8) is 0 Å². The average Bonchev–Trinajstić information content (AvgIpc) is 3.47. The van der Waals surface area contributed by atoms with E-state index in [4.69, 9.17) is 15.6 Å². The highest BCUT2D eigenvalue weighted by molar-refractivity contribution is 7.10. The summed E-state index contributed by atoms with van der Waals surface area (Å²) in [4.78, 5) is 21.6. The first-order chi connectivity index (χ1) is 15.8. The normalized spacial score (nSPS) is 11.3. The third kappa shape index (κ3) is 7.01. The van der Waals surface area contributed by atoms with Crippen LogP contribution in [-0.4, -0.2) is 48.3 Å². The van der Waals surface area contributed by atoms with E-state index in [1.165, 1.54) is 28.3 Å². The van der Waals surface area contributed by atoms with Crippen LogP contribution in [0.15, 0.2) is 40.3 Å². The molecule has 186 valence electrons. The van der Waals surface area contributed by atoms with E-state index < -0.39 is 30.5 Å². The van der Waals surface area contributed by atoms with Crippen LogP contribution < -0.4 is 11.4 Å². The van der Waals surface area contributed by atoms with E-state index in [-0.39, 0.29) is 30.9 Å². The Balaban J connectivity index is 0.000000509. The molecule has 3 aromatic heterocycles. The number of hydrogen-bond acceptors (Lipinski definition) is 6. The number of halogens is 7. The number of nitrogens with two attached hydrogens (primary N) is 1. The van der Waals surface area contributed by atoms with Crippen molar-refractivity contribution in [1.29, 1.82) is 0 Å². The minimum absolute atomic E-state index is 0.101. The summed E-state index contributed by atoms with van der Waals surface area (Å²) in [6.45, 7) is -2.98. The lowest BCUT2D eigenvalue weighted by Crippen LogP contribution is -2.21. The number of alkyl halides is 5. The molecule has 0 radical (unpaired) electrons. The fourth-order valence-electron chi connectivity index (χ4n) is 2.42. The summed E-state index contributed by atoms with van der Waals surface area (Å²) in [7, 11) is 0. The Morgan fingerprint density at radius 3 is 2.41 bits per heavy atom. The predicted octanol–water partition coefficient (Wildman–Crippen LogP) is 3.22. The number of carbonyl (C=O) groups is 1. The summed E-state index contributed by atoms with van der Waals surface area (Å²) in [5.41, 5.74) is 5.62. The first-order valence-corrected chi connectivity index (χ1v) is 9.78. The van der Waals surface area contributed by atoms with Gasteiger partial charge in [0.1, 0.15) is 5.82 Å². The molecule has 0 aliphatic rings. The molecule has 9 nitrogen and oxygen atoms in total. The number of aromatic amines is 1. The predicted molar refractivity (Wildman–Crippen MR) is 104 cm³/mol. The van der Waals surface area contributed by atoms with Gasteiger partial charge in [-0.05, 0) is 17.0 Å². The average molecular weight is 516 g/mol. The van der Waals surface area contributed by atoms with Crippen LogP contribution in [0, 0.1) is 0 Å². The second-order valence-electron chi connectivity index (χ2n) is 6.37. The quantitative estimate of drug-likeness (QED) is 0.414. The van der Waals surface area contributed by atoms with E-state index >= 15 is 0 Å². The molecule has 3 heterocycles. The Hall–Kier alpha value is -3.47. The van der Waals surface area contributed by atoms with Crippen molar-refractivity contribution in [3.8, 4) is 11.1 Å². The topological polar surface area (TPSA) is 132 Å². The van der Waals surface area contributed by atoms with Gasteiger partial charge < -0.3 is 10.8 Å². The van der Waals surface area contributed by atoms with Crippen LogP contribution in [0.3, 0.4) is 0 Å². The fourth-order valence-corrected chi connectivity index (χ4v) is 3.30. The molecule has 0 aliphatic carbocycles. The molecule has 0 bridgehead atoms. The SMILES string of the molecule is NCC(Cc1n[nH]c(=O)n1Cc1cc(-c2cnn(C(F)F)c2)cs1)=C(F)F.O=C(O)C(F)(F)F. The molecule has 0 aromatic carbocycles. The zero-order chi connectivity index (χ0) is 25.6. The molecule has 0 aliphatic heterocycles. The van der Waals surface area contributed by atoms with Gasteiger partial charge in [0.2, 0.25) is 0 Å². The monoisotopic (exact) mass is 516 g/mol. The van der Waals surface area contributed by atoms with E-state index in [9.17, 15) is 35.5 Å². The zero-order valence-electron chi connectivity index (χ0n) is 16.7. The molecule has 3 aromatic rings. The van der Waals surface area contributed by atoms with Crippen molar-refractivity contribution in [2.75, 3.05) is 6.54 Å². The van der Waals surface area contributed by atoms with Crippen LogP contribution >= 0.6 is 11.3 Å². The van der Waals surface area contributed by atoms with Crippen LogP contribution in [-0.2, 0) is 17.8 Å². The van der Waals surface area contributed by atoms with Gasteiger partial charge in [0.25, 0.3) is 6.08 Å². The highest BCUT2D eigenvalue weighted by atomic mass is 32.1. The van der Waals surface area contributed by atoms with Gasteiger partial charge in [0, 0.05) is 35.2 Å². The molecule has 34 heavy (non-hydrogen) atoms. The molecule has 0 fully saturated rings. The minimum Gasteiger partial charge on any atom is -0.475 e. The molecule has 0 spiro atoms. The van der Waals surface area contributed by atoms with Gasteiger partial charge in [-0.15, -0.1) is 11.3 Å². The molecule has 4 N–H and O–H groups in total. The van der Waals surface area contributed by atoms with Crippen LogP contribution in [0.2, 0.25) is 0 Å². The number of aliphatic carboxylic acids is 1. The molecule has 17 heteroatoms. The number of carboxylic acids is 1. The Kier molecular flexibility index (Phi) is 8.74. The molecule has 3 rings (SSSR count). The van der Waals surface area contributed by atoms with Gasteiger partial charge >= 0.3 is 24.4 Å². The Labute approximate surface area is 188 Å². The standard InChI is InChI=1S/C15H14F4N6OS.C2HF3O2/c16-13(17)8(3-20)2-12-22-23-15(26)24(12)6-11-1-9(7-27-11)10-4-21-25(5-10)14(18)19;3-2(4,5)1(6)7/h1,4-5,7,14H,2-3,6,20H2,(H,23,26);(H,6,7). The Morgan fingerprint density at radius 2 is 1.91 bits per heavy atom. The fraction of sp³-hybridized carbons (Fsp3) is 0.294. The van der Waals surface area contributed by atoms with Crippen LogP contribution in [0.4, 0.5) is 30.7 Å². The lowest BCUT2D eigenvalue weighted by atomic mass is 10.2. The maximum atomic E-state index is 12.8. The summed E-state index contributed by atoms with van der Waals surface area (Å²) in [5.74, 6) is -2.62. The Bertz CT molecular complexity index is 1210. The van der Waals surface area contributed by atoms with E-state index in [1.54, 1.807) is 11.4 Å². The summed E-state index contributed by atoms with van der Waals surface area (Å²) < 4.78 is 84.4. The second kappa shape index (κ2) is 11.1. The number of nitrogens with zero attached hydrogens (tertiary/aromatic N) is 4. The van der Waals surface area contributed by atoms with E-state index in [1.807, 2.05) is 0 Å². The van der Waals surface area contributed by atoms with Gasteiger partial charge in [-0.2, -0.15) is 40.9 Å². The van der Waals surface area contributed by atoms with E-state index in [2.05, 4.69) is 15.3 Å². The number of nitrogens with one attached hydrogen (secondary N) is 1. The number of aromatic nitrogens is 5. The third-order valence-corrected chi connectivity index (χ3v) is 4.99. The zero-order valence-corrected chi connectivity index (χ0v) is 17.5. The van der Waals surface area contributed by atoms with Crippen molar-refractivity contribution in [3.05, 3.63) is 56.7 Å². The van der Waals surface area contributed by atoms with E-state index in [0.717, 1.165) is 4.88 Å². The van der Waals surface area contributed by atoms with Crippen molar-refractivity contribution < 1.29 is 40.6 Å². The van der Waals surface area contributed by atoms with Gasteiger partial charge in [-0.25, -0.2) is 19.4 Å². The molecular weight excluding hydrogens is 501 g/mol. The first-order valence-electron chi connectivity index (χ1n) is 8.90. The number of hydrogen-bond donors (Lipinski definition) is 3. The van der Waals surface area contributed by atoms with Crippen LogP contribution in [0.1, 0.15) is 17.3 Å². The largest absolute Gasteiger partial charge is 0.490 e. The molecule has 0 atom stereocenters. The smallest absolute Gasteiger partial charge is 0.475 e. The molecule has 0 unspecified atom stereocenters. The van der Waals surface area contributed by atoms with Gasteiger partial charge in [0.15, 0.2) is 0 Å². The number of thiophene rings is 1. The number of rotatable bonds is 7. The van der Waals surface area contributed by atoms with Gasteiger partial charge in [0.05, 0.1) is 12.7 Å². The molecule has 0 saturated carbocycles. The maximum Gasteiger partial charge on any atom is 0.490 e. The first kappa shape index (κ1) is 26.8. The van der Waals surface area contributed by atoms with E-state index in [0.29, 0.717) is 15.8 Å².